The van der Waals surface area contributed by atoms with Crippen LogP contribution in [0.1, 0.15) is 20.3 Å². The molecule has 5 heteroatoms. The number of likely N-dealkylation sites (tertiary alicyclic amines) is 1. The van der Waals surface area contributed by atoms with E-state index in [1.807, 2.05) is 26.0 Å². The zero-order valence-electron chi connectivity index (χ0n) is 11.9. The summed E-state index contributed by atoms with van der Waals surface area (Å²) in [5, 5.41) is 0. The number of nitrogens with zero attached hydrogens (tertiary/aromatic N) is 1. The monoisotopic (exact) mass is 277 g/mol. The Kier molecular flexibility index (Phi) is 2.96. The standard InChI is InChI=1S/C15H19NO4/c1-7(2)12(15(19)20-3)16-13(17)10-8-4-5-9(6-8)11(10)14(16)18/h4-5,7-12H,6H2,1-3H3/t8-,9+,10+,11-,12-/m0/s1. The molecule has 0 radical (unpaired) electrons. The number of imide groups is 1. The van der Waals surface area contributed by atoms with Gasteiger partial charge in [-0.3, -0.25) is 14.5 Å². The maximum Gasteiger partial charge on any atom is 0.329 e. The van der Waals surface area contributed by atoms with Crippen LogP contribution in [-0.4, -0.2) is 35.8 Å². The molecule has 0 aromatic heterocycles. The number of hydrogen-bond donors (Lipinski definition) is 0. The lowest BCUT2D eigenvalue weighted by Crippen LogP contribution is -2.49. The first kappa shape index (κ1) is 13.3. The lowest BCUT2D eigenvalue weighted by molar-refractivity contribution is -0.159. The van der Waals surface area contributed by atoms with E-state index in [2.05, 4.69) is 0 Å². The van der Waals surface area contributed by atoms with E-state index in [4.69, 9.17) is 4.74 Å². The molecule has 2 fully saturated rings. The Balaban J connectivity index is 1.94. The first-order valence-corrected chi connectivity index (χ1v) is 7.10. The molecule has 108 valence electrons. The van der Waals surface area contributed by atoms with Gasteiger partial charge in [-0.2, -0.15) is 0 Å². The smallest absolute Gasteiger partial charge is 0.329 e. The van der Waals surface area contributed by atoms with E-state index in [-0.39, 0.29) is 41.4 Å². The van der Waals surface area contributed by atoms with Crippen LogP contribution in [-0.2, 0) is 19.1 Å². The summed E-state index contributed by atoms with van der Waals surface area (Å²) in [6, 6.07) is -0.801. The number of fused-ring (bicyclic) bond motifs is 5. The zero-order valence-corrected chi connectivity index (χ0v) is 11.9. The summed E-state index contributed by atoms with van der Waals surface area (Å²) in [5.41, 5.74) is 0. The third-order valence-electron chi connectivity index (χ3n) is 4.86. The van der Waals surface area contributed by atoms with Gasteiger partial charge in [0.15, 0.2) is 0 Å². The van der Waals surface area contributed by atoms with E-state index in [0.29, 0.717) is 0 Å². The van der Waals surface area contributed by atoms with Crippen LogP contribution >= 0.6 is 0 Å². The molecule has 3 aliphatic rings. The van der Waals surface area contributed by atoms with Gasteiger partial charge < -0.3 is 4.74 Å². The predicted molar refractivity (Wildman–Crippen MR) is 70.2 cm³/mol. The Morgan fingerprint density at radius 3 is 2.10 bits per heavy atom. The minimum absolute atomic E-state index is 0.153. The van der Waals surface area contributed by atoms with E-state index in [9.17, 15) is 14.4 Å². The lowest BCUT2D eigenvalue weighted by Gasteiger charge is -2.28. The van der Waals surface area contributed by atoms with Crippen molar-refractivity contribution in [1.82, 2.24) is 4.90 Å². The fourth-order valence-electron chi connectivity index (χ4n) is 4.00. The number of hydrogen-bond acceptors (Lipinski definition) is 4. The van der Waals surface area contributed by atoms with Gasteiger partial charge in [-0.05, 0) is 24.2 Å². The van der Waals surface area contributed by atoms with Crippen LogP contribution in [0.4, 0.5) is 0 Å². The summed E-state index contributed by atoms with van der Waals surface area (Å²) < 4.78 is 4.77. The molecule has 2 bridgehead atoms. The summed E-state index contributed by atoms with van der Waals surface area (Å²) in [7, 11) is 1.29. The molecule has 5 nitrogen and oxygen atoms in total. The van der Waals surface area contributed by atoms with E-state index in [0.717, 1.165) is 6.42 Å². The summed E-state index contributed by atoms with van der Waals surface area (Å²) in [4.78, 5) is 38.4. The Bertz CT molecular complexity index is 480. The van der Waals surface area contributed by atoms with Crippen LogP contribution in [0.5, 0.6) is 0 Å². The highest BCUT2D eigenvalue weighted by Gasteiger charge is 2.61. The Hall–Kier alpha value is -1.65. The highest BCUT2D eigenvalue weighted by Crippen LogP contribution is 2.53. The lowest BCUT2D eigenvalue weighted by atomic mass is 9.85. The summed E-state index contributed by atoms with van der Waals surface area (Å²) in [6.07, 6.45) is 4.98. The second-order valence-electron chi connectivity index (χ2n) is 6.26. The largest absolute Gasteiger partial charge is 0.467 e. The molecule has 2 aliphatic carbocycles. The second-order valence-corrected chi connectivity index (χ2v) is 6.26. The minimum Gasteiger partial charge on any atom is -0.467 e. The first-order chi connectivity index (χ1) is 9.47. The highest BCUT2D eigenvalue weighted by atomic mass is 16.5. The molecule has 20 heavy (non-hydrogen) atoms. The zero-order chi connectivity index (χ0) is 14.6. The molecule has 1 saturated heterocycles. The summed E-state index contributed by atoms with van der Waals surface area (Å²) in [6.45, 7) is 3.65. The molecular formula is C15H19NO4. The Labute approximate surface area is 117 Å². The van der Waals surface area contributed by atoms with Gasteiger partial charge in [0.1, 0.15) is 6.04 Å². The molecule has 1 aliphatic heterocycles. The van der Waals surface area contributed by atoms with Crippen molar-refractivity contribution in [1.29, 1.82) is 0 Å². The van der Waals surface area contributed by atoms with Gasteiger partial charge in [-0.15, -0.1) is 0 Å². The van der Waals surface area contributed by atoms with Gasteiger partial charge in [0.25, 0.3) is 0 Å². The van der Waals surface area contributed by atoms with Crippen LogP contribution in [0.2, 0.25) is 0 Å². The third-order valence-corrected chi connectivity index (χ3v) is 4.86. The number of carbonyl (C=O) groups is 3. The molecule has 2 amide bonds. The van der Waals surface area contributed by atoms with Gasteiger partial charge in [0.2, 0.25) is 11.8 Å². The third kappa shape index (κ3) is 1.58. The molecule has 1 heterocycles. The van der Waals surface area contributed by atoms with Gasteiger partial charge in [0.05, 0.1) is 18.9 Å². The number of amides is 2. The maximum atomic E-state index is 12.6. The van der Waals surface area contributed by atoms with Crippen LogP contribution in [0.15, 0.2) is 12.2 Å². The van der Waals surface area contributed by atoms with Gasteiger partial charge in [-0.1, -0.05) is 26.0 Å². The Morgan fingerprint density at radius 1 is 1.20 bits per heavy atom. The number of methoxy groups -OCH3 is 1. The van der Waals surface area contributed by atoms with Crippen molar-refractivity contribution < 1.29 is 19.1 Å². The fourth-order valence-corrected chi connectivity index (χ4v) is 4.00. The molecule has 0 spiro atoms. The van der Waals surface area contributed by atoms with Crippen LogP contribution in [0, 0.1) is 29.6 Å². The van der Waals surface area contributed by atoms with Crippen molar-refractivity contribution in [2.24, 2.45) is 29.6 Å². The van der Waals surface area contributed by atoms with Gasteiger partial charge in [0, 0.05) is 0 Å². The predicted octanol–water partition coefficient (Wildman–Crippen LogP) is 0.991. The average molecular weight is 277 g/mol. The summed E-state index contributed by atoms with van der Waals surface area (Å²) in [5.74, 6) is -1.25. The number of esters is 1. The number of carbonyl (C=O) groups excluding carboxylic acids is 3. The fraction of sp³-hybridized carbons (Fsp3) is 0.667. The van der Waals surface area contributed by atoms with Crippen molar-refractivity contribution in [3.05, 3.63) is 12.2 Å². The number of ether oxygens (including phenoxy) is 1. The Morgan fingerprint density at radius 2 is 1.70 bits per heavy atom. The van der Waals surface area contributed by atoms with Crippen LogP contribution in [0.3, 0.4) is 0 Å². The van der Waals surface area contributed by atoms with E-state index >= 15 is 0 Å². The molecule has 0 aromatic carbocycles. The molecule has 0 aromatic rings. The van der Waals surface area contributed by atoms with Crippen molar-refractivity contribution in [2.45, 2.75) is 26.3 Å². The van der Waals surface area contributed by atoms with E-state index in [1.165, 1.54) is 12.0 Å². The molecule has 0 unspecified atom stereocenters. The van der Waals surface area contributed by atoms with E-state index in [1.54, 1.807) is 0 Å². The van der Waals surface area contributed by atoms with Gasteiger partial charge >= 0.3 is 5.97 Å². The normalized spacial score (nSPS) is 35.9. The van der Waals surface area contributed by atoms with Crippen molar-refractivity contribution in [3.63, 3.8) is 0 Å². The maximum absolute atomic E-state index is 12.6. The topological polar surface area (TPSA) is 63.7 Å². The molecule has 1 saturated carbocycles. The van der Waals surface area contributed by atoms with Crippen molar-refractivity contribution in [3.8, 4) is 0 Å². The molecule has 3 rings (SSSR count). The molecule has 5 atom stereocenters. The van der Waals surface area contributed by atoms with Gasteiger partial charge in [-0.25, -0.2) is 4.79 Å². The van der Waals surface area contributed by atoms with Crippen LogP contribution in [0.25, 0.3) is 0 Å². The van der Waals surface area contributed by atoms with Crippen molar-refractivity contribution in [2.75, 3.05) is 7.11 Å². The second kappa shape index (κ2) is 4.43. The summed E-state index contributed by atoms with van der Waals surface area (Å²) >= 11 is 0. The quantitative estimate of drug-likeness (QED) is 0.438. The van der Waals surface area contributed by atoms with Crippen molar-refractivity contribution >= 4 is 17.8 Å². The highest BCUT2D eigenvalue weighted by molar-refractivity contribution is 6.09. The molecule has 0 N–H and O–H groups in total. The van der Waals surface area contributed by atoms with E-state index < -0.39 is 12.0 Å². The minimum atomic E-state index is -0.801. The first-order valence-electron chi connectivity index (χ1n) is 7.10. The van der Waals surface area contributed by atoms with Crippen LogP contribution < -0.4 is 0 Å². The number of allylic oxidation sites excluding steroid dienone is 2. The average Bonchev–Trinajstić information content (AvgIpc) is 3.07. The SMILES string of the molecule is COC(=O)[C@H](C(C)C)N1C(=O)[C@@H]2[C@H](C1=O)[C@H]1C=C[C@@H]2C1. The molecular weight excluding hydrogens is 258 g/mol. The number of rotatable bonds is 3.